The molecule has 0 radical (unpaired) electrons. The van der Waals surface area contributed by atoms with Crippen molar-refractivity contribution in [1.29, 1.82) is 0 Å². The Labute approximate surface area is 111 Å². The zero-order valence-corrected chi connectivity index (χ0v) is 12.1. The summed E-state index contributed by atoms with van der Waals surface area (Å²) in [6, 6.07) is 0. The van der Waals surface area contributed by atoms with Gasteiger partial charge in [0.1, 0.15) is 0 Å². The molecule has 1 rings (SSSR count). The highest BCUT2D eigenvalue weighted by Crippen LogP contribution is 2.44. The quantitative estimate of drug-likeness (QED) is 0.706. The van der Waals surface area contributed by atoms with Gasteiger partial charge >= 0.3 is 5.97 Å². The molecule has 3 nitrogen and oxygen atoms in total. The topological polar surface area (TPSA) is 46.5 Å². The van der Waals surface area contributed by atoms with Crippen LogP contribution in [0.1, 0.15) is 58.8 Å². The van der Waals surface area contributed by atoms with Crippen molar-refractivity contribution in [3.63, 3.8) is 0 Å². The van der Waals surface area contributed by atoms with Crippen molar-refractivity contribution in [2.75, 3.05) is 13.7 Å². The predicted molar refractivity (Wildman–Crippen MR) is 72.6 cm³/mol. The normalized spacial score (nSPS) is 28.6. The van der Waals surface area contributed by atoms with Crippen LogP contribution in [0.15, 0.2) is 0 Å². The van der Waals surface area contributed by atoms with Crippen LogP contribution in [0.3, 0.4) is 0 Å². The minimum absolute atomic E-state index is 0.445. The van der Waals surface area contributed by atoms with Gasteiger partial charge in [-0.1, -0.05) is 20.3 Å². The van der Waals surface area contributed by atoms with Gasteiger partial charge in [-0.2, -0.15) is 0 Å². The van der Waals surface area contributed by atoms with Gasteiger partial charge in [0.25, 0.3) is 0 Å². The number of carbonyl (C=O) groups is 1. The number of carboxylic acids is 1. The summed E-state index contributed by atoms with van der Waals surface area (Å²) >= 11 is 0. The van der Waals surface area contributed by atoms with Crippen LogP contribution in [0.5, 0.6) is 0 Å². The van der Waals surface area contributed by atoms with E-state index in [0.717, 1.165) is 57.5 Å². The monoisotopic (exact) mass is 256 g/mol. The fourth-order valence-corrected chi connectivity index (χ4v) is 3.14. The molecule has 0 aromatic carbocycles. The largest absolute Gasteiger partial charge is 0.481 e. The summed E-state index contributed by atoms with van der Waals surface area (Å²) in [6.07, 6.45) is 6.63. The summed E-state index contributed by atoms with van der Waals surface area (Å²) in [4.78, 5) is 11.6. The molecule has 106 valence electrons. The van der Waals surface area contributed by atoms with Crippen LogP contribution in [-0.2, 0) is 9.53 Å². The van der Waals surface area contributed by atoms with Crippen molar-refractivity contribution in [3.8, 4) is 0 Å². The Hall–Kier alpha value is -0.570. The van der Waals surface area contributed by atoms with E-state index in [9.17, 15) is 9.90 Å². The van der Waals surface area contributed by atoms with E-state index in [-0.39, 0.29) is 0 Å². The van der Waals surface area contributed by atoms with Crippen molar-refractivity contribution < 1.29 is 14.6 Å². The Bertz CT molecular complexity index is 252. The summed E-state index contributed by atoms with van der Waals surface area (Å²) in [5.41, 5.74) is -0.445. The third-order valence-corrected chi connectivity index (χ3v) is 4.64. The van der Waals surface area contributed by atoms with Crippen LogP contribution in [0.2, 0.25) is 0 Å². The molecule has 1 saturated carbocycles. The first kappa shape index (κ1) is 15.5. The minimum Gasteiger partial charge on any atom is -0.481 e. The molecule has 18 heavy (non-hydrogen) atoms. The van der Waals surface area contributed by atoms with E-state index >= 15 is 0 Å². The van der Waals surface area contributed by atoms with Gasteiger partial charge in [0, 0.05) is 13.7 Å². The molecule has 0 atom stereocenters. The number of carboxylic acid groups (broad SMARTS) is 1. The van der Waals surface area contributed by atoms with Gasteiger partial charge < -0.3 is 9.84 Å². The minimum atomic E-state index is -0.581. The molecule has 0 aromatic heterocycles. The maximum atomic E-state index is 11.6. The summed E-state index contributed by atoms with van der Waals surface area (Å²) in [7, 11) is 1.70. The van der Waals surface area contributed by atoms with Crippen LogP contribution in [-0.4, -0.2) is 24.8 Å². The van der Waals surface area contributed by atoms with Crippen LogP contribution in [0.4, 0.5) is 0 Å². The lowest BCUT2D eigenvalue weighted by Crippen LogP contribution is -2.36. The van der Waals surface area contributed by atoms with Crippen molar-refractivity contribution in [2.45, 2.75) is 58.8 Å². The highest BCUT2D eigenvalue weighted by Gasteiger charge is 2.41. The average Bonchev–Trinajstić information content (AvgIpc) is 2.35. The van der Waals surface area contributed by atoms with Gasteiger partial charge in [0.15, 0.2) is 0 Å². The molecular weight excluding hydrogens is 228 g/mol. The van der Waals surface area contributed by atoms with Gasteiger partial charge in [-0.25, -0.2) is 0 Å². The standard InChI is InChI=1S/C15H28O3/c1-12(2)13-6-9-15(10-7-13,14(16)17)8-4-5-11-18-3/h12-13H,4-11H2,1-3H3,(H,16,17). The van der Waals surface area contributed by atoms with E-state index in [1.54, 1.807) is 7.11 Å². The molecule has 0 aromatic rings. The van der Waals surface area contributed by atoms with Gasteiger partial charge in [-0.3, -0.25) is 4.79 Å². The zero-order valence-electron chi connectivity index (χ0n) is 12.1. The second-order valence-corrected chi connectivity index (χ2v) is 6.12. The Morgan fingerprint density at radius 2 is 1.94 bits per heavy atom. The van der Waals surface area contributed by atoms with Gasteiger partial charge in [0.05, 0.1) is 5.41 Å². The fourth-order valence-electron chi connectivity index (χ4n) is 3.14. The average molecular weight is 256 g/mol. The number of rotatable bonds is 7. The van der Waals surface area contributed by atoms with E-state index in [0.29, 0.717) is 5.92 Å². The van der Waals surface area contributed by atoms with E-state index in [4.69, 9.17) is 4.74 Å². The van der Waals surface area contributed by atoms with Crippen molar-refractivity contribution in [1.82, 2.24) is 0 Å². The number of ether oxygens (including phenoxy) is 1. The van der Waals surface area contributed by atoms with Crippen LogP contribution in [0.25, 0.3) is 0 Å². The second kappa shape index (κ2) is 7.13. The SMILES string of the molecule is COCCCCC1(C(=O)O)CCC(C(C)C)CC1. The number of methoxy groups -OCH3 is 1. The first-order valence-corrected chi connectivity index (χ1v) is 7.24. The number of hydrogen-bond donors (Lipinski definition) is 1. The predicted octanol–water partition coefficient (Wildman–Crippen LogP) is 3.72. The van der Waals surface area contributed by atoms with Crippen molar-refractivity contribution in [3.05, 3.63) is 0 Å². The Morgan fingerprint density at radius 3 is 2.39 bits per heavy atom. The lowest BCUT2D eigenvalue weighted by molar-refractivity contribution is -0.152. The van der Waals surface area contributed by atoms with Crippen molar-refractivity contribution in [2.24, 2.45) is 17.3 Å². The van der Waals surface area contributed by atoms with E-state index in [1.807, 2.05) is 0 Å². The molecular formula is C15H28O3. The number of aliphatic carboxylic acids is 1. The lowest BCUT2D eigenvalue weighted by atomic mass is 9.66. The van der Waals surface area contributed by atoms with Crippen LogP contribution < -0.4 is 0 Å². The van der Waals surface area contributed by atoms with Crippen LogP contribution in [0, 0.1) is 17.3 Å². The Morgan fingerprint density at radius 1 is 1.33 bits per heavy atom. The molecule has 0 unspecified atom stereocenters. The fraction of sp³-hybridized carbons (Fsp3) is 0.933. The first-order valence-electron chi connectivity index (χ1n) is 7.24. The van der Waals surface area contributed by atoms with E-state index in [1.165, 1.54) is 0 Å². The molecule has 1 aliphatic carbocycles. The Balaban J connectivity index is 2.48. The summed E-state index contributed by atoms with van der Waals surface area (Å²) in [5.74, 6) is 0.823. The molecule has 1 aliphatic rings. The van der Waals surface area contributed by atoms with Crippen LogP contribution >= 0.6 is 0 Å². The first-order chi connectivity index (χ1) is 8.52. The number of hydrogen-bond acceptors (Lipinski definition) is 2. The smallest absolute Gasteiger partial charge is 0.309 e. The lowest BCUT2D eigenvalue weighted by Gasteiger charge is -2.38. The highest BCUT2D eigenvalue weighted by molar-refractivity contribution is 5.74. The van der Waals surface area contributed by atoms with Gasteiger partial charge in [-0.15, -0.1) is 0 Å². The third-order valence-electron chi connectivity index (χ3n) is 4.64. The highest BCUT2D eigenvalue weighted by atomic mass is 16.5. The molecule has 1 N–H and O–H groups in total. The van der Waals surface area contributed by atoms with Crippen molar-refractivity contribution >= 4 is 5.97 Å². The Kier molecular flexibility index (Phi) is 6.13. The maximum absolute atomic E-state index is 11.6. The maximum Gasteiger partial charge on any atom is 0.309 e. The number of unbranched alkanes of at least 4 members (excludes halogenated alkanes) is 1. The molecule has 0 aliphatic heterocycles. The van der Waals surface area contributed by atoms with Gasteiger partial charge in [0.2, 0.25) is 0 Å². The molecule has 3 heteroatoms. The van der Waals surface area contributed by atoms with Gasteiger partial charge in [-0.05, 0) is 50.4 Å². The third kappa shape index (κ3) is 3.98. The molecule has 0 bridgehead atoms. The van der Waals surface area contributed by atoms with E-state index in [2.05, 4.69) is 13.8 Å². The summed E-state index contributed by atoms with van der Waals surface area (Å²) in [5, 5.41) is 9.54. The zero-order chi connectivity index (χ0) is 13.6. The molecule has 1 fully saturated rings. The summed E-state index contributed by atoms with van der Waals surface area (Å²) < 4.78 is 5.03. The molecule has 0 amide bonds. The van der Waals surface area contributed by atoms with E-state index < -0.39 is 11.4 Å². The summed E-state index contributed by atoms with van der Waals surface area (Å²) in [6.45, 7) is 5.23. The second-order valence-electron chi connectivity index (χ2n) is 6.12. The molecule has 0 saturated heterocycles. The molecule has 0 heterocycles. The molecule has 0 spiro atoms.